The normalized spacial score (nSPS) is 19.8. The second-order valence-corrected chi connectivity index (χ2v) is 5.37. The molecule has 0 amide bonds. The number of aromatic nitrogens is 1. The lowest BCUT2D eigenvalue weighted by molar-refractivity contribution is -0.0191. The molecule has 1 aliphatic heterocycles. The van der Waals surface area contributed by atoms with E-state index in [4.69, 9.17) is 9.47 Å². The van der Waals surface area contributed by atoms with Crippen LogP contribution in [-0.2, 0) is 9.47 Å². The van der Waals surface area contributed by atoms with Crippen molar-refractivity contribution in [2.75, 3.05) is 44.7 Å². The van der Waals surface area contributed by atoms with E-state index in [1.165, 1.54) is 11.3 Å². The van der Waals surface area contributed by atoms with E-state index in [1.54, 1.807) is 12.4 Å². The van der Waals surface area contributed by atoms with Crippen LogP contribution in [0, 0.1) is 0 Å². The van der Waals surface area contributed by atoms with Gasteiger partial charge in [0.05, 0.1) is 24.8 Å². The Morgan fingerprint density at radius 3 is 3.25 bits per heavy atom. The van der Waals surface area contributed by atoms with Crippen molar-refractivity contribution >= 4 is 22.3 Å². The quantitative estimate of drug-likeness (QED) is 0.802. The molecule has 0 spiro atoms. The Morgan fingerprint density at radius 2 is 2.50 bits per heavy atom. The van der Waals surface area contributed by atoms with Crippen molar-refractivity contribution in [1.29, 1.82) is 0 Å². The highest BCUT2D eigenvalue weighted by Crippen LogP contribution is 2.21. The molecule has 112 valence electrons. The fourth-order valence-electron chi connectivity index (χ4n) is 2.11. The summed E-state index contributed by atoms with van der Waals surface area (Å²) in [4.78, 5) is 18.1. The molecule has 6 nitrogen and oxygen atoms in total. The number of nitrogens with zero attached hydrogens (tertiary/aromatic N) is 2. The number of esters is 1. The highest BCUT2D eigenvalue weighted by atomic mass is 32.1. The number of likely N-dealkylation sites (N-methyl/N-ethyl adjacent to an activating group) is 1. The first-order chi connectivity index (χ1) is 9.74. The fourth-order valence-corrected chi connectivity index (χ4v) is 2.79. The molecule has 20 heavy (non-hydrogen) atoms. The lowest BCUT2D eigenvalue weighted by Gasteiger charge is -2.32. The number of hydrogen-bond donors (Lipinski definition) is 1. The largest absolute Gasteiger partial charge is 0.461 e. The molecule has 1 saturated heterocycles. The first-order valence-corrected chi connectivity index (χ1v) is 7.81. The molecule has 0 radical (unpaired) electrons. The number of carbonyl (C=O) groups is 1. The Balaban J connectivity index is 1.88. The monoisotopic (exact) mass is 299 g/mol. The van der Waals surface area contributed by atoms with Crippen LogP contribution in [0.15, 0.2) is 5.51 Å². The maximum Gasteiger partial charge on any atom is 0.360 e. The summed E-state index contributed by atoms with van der Waals surface area (Å²) in [5.41, 5.74) is 2.01. The van der Waals surface area contributed by atoms with Crippen molar-refractivity contribution in [2.24, 2.45) is 0 Å². The Bertz CT molecular complexity index is 438. The van der Waals surface area contributed by atoms with E-state index in [-0.39, 0.29) is 12.1 Å². The minimum absolute atomic E-state index is 0.140. The average molecular weight is 299 g/mol. The average Bonchev–Trinajstić information content (AvgIpc) is 2.94. The zero-order valence-corrected chi connectivity index (χ0v) is 12.7. The smallest absolute Gasteiger partial charge is 0.360 e. The van der Waals surface area contributed by atoms with E-state index in [1.807, 2.05) is 0 Å². The molecule has 0 aliphatic carbocycles. The van der Waals surface area contributed by atoms with Gasteiger partial charge < -0.3 is 14.8 Å². The Hall–Kier alpha value is -1.18. The fraction of sp³-hybridized carbons (Fsp3) is 0.692. The van der Waals surface area contributed by atoms with Crippen LogP contribution in [0.4, 0.5) is 5.00 Å². The van der Waals surface area contributed by atoms with E-state index < -0.39 is 0 Å². The summed E-state index contributed by atoms with van der Waals surface area (Å²) in [6.07, 6.45) is 0.140. The van der Waals surface area contributed by atoms with Crippen molar-refractivity contribution in [3.05, 3.63) is 11.2 Å². The number of ether oxygens (including phenoxy) is 2. The van der Waals surface area contributed by atoms with Crippen LogP contribution in [0.2, 0.25) is 0 Å². The van der Waals surface area contributed by atoms with E-state index in [2.05, 4.69) is 22.1 Å². The molecule has 1 aromatic rings. The zero-order chi connectivity index (χ0) is 14.4. The zero-order valence-electron chi connectivity index (χ0n) is 11.9. The van der Waals surface area contributed by atoms with Gasteiger partial charge in [0.15, 0.2) is 5.69 Å². The molecule has 1 aromatic heterocycles. The van der Waals surface area contributed by atoms with Crippen molar-refractivity contribution in [3.8, 4) is 0 Å². The summed E-state index contributed by atoms with van der Waals surface area (Å²) in [6.45, 7) is 8.66. The Kier molecular flexibility index (Phi) is 5.75. The summed E-state index contributed by atoms with van der Waals surface area (Å²) in [6, 6.07) is 0. The topological polar surface area (TPSA) is 63.7 Å². The molecular weight excluding hydrogens is 278 g/mol. The predicted molar refractivity (Wildman–Crippen MR) is 78.4 cm³/mol. The van der Waals surface area contributed by atoms with Gasteiger partial charge >= 0.3 is 5.97 Å². The third kappa shape index (κ3) is 3.91. The van der Waals surface area contributed by atoms with E-state index in [0.29, 0.717) is 18.8 Å². The summed E-state index contributed by atoms with van der Waals surface area (Å²) in [5.74, 6) is -0.379. The van der Waals surface area contributed by atoms with Crippen LogP contribution in [0.5, 0.6) is 0 Å². The molecule has 7 heteroatoms. The van der Waals surface area contributed by atoms with Crippen LogP contribution >= 0.6 is 11.3 Å². The van der Waals surface area contributed by atoms with Gasteiger partial charge in [-0.2, -0.15) is 0 Å². The highest BCUT2D eigenvalue weighted by Gasteiger charge is 2.21. The van der Waals surface area contributed by atoms with Crippen molar-refractivity contribution in [2.45, 2.75) is 20.0 Å². The molecule has 0 saturated carbocycles. The lowest BCUT2D eigenvalue weighted by atomic mass is 10.2. The Morgan fingerprint density at radius 1 is 1.65 bits per heavy atom. The number of hydrogen-bond acceptors (Lipinski definition) is 7. The van der Waals surface area contributed by atoms with Crippen LogP contribution in [0.1, 0.15) is 24.3 Å². The highest BCUT2D eigenvalue weighted by molar-refractivity contribution is 7.14. The second kappa shape index (κ2) is 7.56. The number of rotatable bonds is 6. The summed E-state index contributed by atoms with van der Waals surface area (Å²) in [7, 11) is 0. The number of nitrogens with one attached hydrogen (secondary N) is 1. The van der Waals surface area contributed by atoms with Crippen LogP contribution in [0.25, 0.3) is 0 Å². The number of anilines is 1. The lowest BCUT2D eigenvalue weighted by Crippen LogP contribution is -2.45. The standard InChI is InChI=1S/C13H21N3O3S/c1-3-16-5-6-19-10(8-16)7-14-12-11(15-9-20-12)13(17)18-4-2/h9-10,14H,3-8H2,1-2H3. The second-order valence-electron chi connectivity index (χ2n) is 4.52. The summed E-state index contributed by atoms with van der Waals surface area (Å²) in [5, 5.41) is 4.00. The van der Waals surface area contributed by atoms with Gasteiger partial charge in [-0.15, -0.1) is 11.3 Å². The van der Waals surface area contributed by atoms with Crippen LogP contribution in [0.3, 0.4) is 0 Å². The number of morpholine rings is 1. The van der Waals surface area contributed by atoms with Crippen LogP contribution < -0.4 is 5.32 Å². The molecular formula is C13H21N3O3S. The predicted octanol–water partition coefficient (Wildman–Crippen LogP) is 1.45. The molecule has 1 fully saturated rings. The van der Waals surface area contributed by atoms with E-state index in [9.17, 15) is 4.79 Å². The first kappa shape index (κ1) is 15.2. The maximum absolute atomic E-state index is 11.7. The molecule has 0 aromatic carbocycles. The summed E-state index contributed by atoms with van der Waals surface area (Å²) < 4.78 is 10.7. The van der Waals surface area contributed by atoms with Gasteiger partial charge in [0.2, 0.25) is 0 Å². The molecule has 0 bridgehead atoms. The van der Waals surface area contributed by atoms with Crippen LogP contribution in [-0.4, -0.2) is 61.3 Å². The molecule has 1 aliphatic rings. The molecule has 1 unspecified atom stereocenters. The number of carbonyl (C=O) groups excluding carboxylic acids is 1. The molecule has 1 N–H and O–H groups in total. The van der Waals surface area contributed by atoms with E-state index >= 15 is 0 Å². The van der Waals surface area contributed by atoms with Gasteiger partial charge in [0.1, 0.15) is 5.00 Å². The molecule has 2 heterocycles. The maximum atomic E-state index is 11.7. The van der Waals surface area contributed by atoms with Crippen molar-refractivity contribution < 1.29 is 14.3 Å². The van der Waals surface area contributed by atoms with Gasteiger partial charge in [0, 0.05) is 19.6 Å². The molecule has 1 atom stereocenters. The molecule has 2 rings (SSSR count). The Labute approximate surface area is 123 Å². The number of thiazole rings is 1. The van der Waals surface area contributed by atoms with Gasteiger partial charge in [-0.25, -0.2) is 9.78 Å². The third-order valence-electron chi connectivity index (χ3n) is 3.20. The van der Waals surface area contributed by atoms with Crippen molar-refractivity contribution in [3.63, 3.8) is 0 Å². The minimum atomic E-state index is -0.379. The SMILES string of the molecule is CCOC(=O)c1ncsc1NCC1CN(CC)CCO1. The minimum Gasteiger partial charge on any atom is -0.461 e. The van der Waals surface area contributed by atoms with E-state index in [0.717, 1.165) is 31.2 Å². The third-order valence-corrected chi connectivity index (χ3v) is 3.98. The van der Waals surface area contributed by atoms with Gasteiger partial charge in [-0.1, -0.05) is 6.92 Å². The van der Waals surface area contributed by atoms with Gasteiger partial charge in [-0.05, 0) is 13.5 Å². The van der Waals surface area contributed by atoms with Gasteiger partial charge in [-0.3, -0.25) is 4.90 Å². The van der Waals surface area contributed by atoms with Crippen molar-refractivity contribution in [1.82, 2.24) is 9.88 Å². The summed E-state index contributed by atoms with van der Waals surface area (Å²) >= 11 is 1.41. The van der Waals surface area contributed by atoms with Gasteiger partial charge in [0.25, 0.3) is 0 Å². The first-order valence-electron chi connectivity index (χ1n) is 6.93.